The summed E-state index contributed by atoms with van der Waals surface area (Å²) in [5.41, 5.74) is 2.96. The maximum absolute atomic E-state index is 8.76. The molecule has 0 bridgehead atoms. The zero-order valence-corrected chi connectivity index (χ0v) is 16.7. The van der Waals surface area contributed by atoms with Gasteiger partial charge >= 0.3 is 0 Å². The van der Waals surface area contributed by atoms with Gasteiger partial charge in [-0.1, -0.05) is 0 Å². The number of nitrogens with one attached hydrogen (secondary N) is 2. The number of likely N-dealkylation sites (N-methyl/N-ethyl adjacent to an activating group) is 1. The number of anilines is 4. The predicted molar refractivity (Wildman–Crippen MR) is 115 cm³/mol. The van der Waals surface area contributed by atoms with E-state index in [0.717, 1.165) is 37.4 Å². The number of piperazine rings is 1. The quantitative estimate of drug-likeness (QED) is 0.748. The molecule has 0 amide bonds. The van der Waals surface area contributed by atoms with Crippen LogP contribution in [0, 0.1) is 11.3 Å². The molecule has 1 saturated heterocycles. The molecule has 1 aromatic heterocycles. The van der Waals surface area contributed by atoms with Crippen molar-refractivity contribution in [1.29, 1.82) is 5.26 Å². The van der Waals surface area contributed by atoms with E-state index in [-0.39, 0.29) is 6.04 Å². The first kappa shape index (κ1) is 19.6. The lowest BCUT2D eigenvalue weighted by Gasteiger charge is -2.34. The van der Waals surface area contributed by atoms with Crippen molar-refractivity contribution in [1.82, 2.24) is 14.9 Å². The number of hydrogen-bond donors (Lipinski definition) is 2. The molecule has 146 valence electrons. The van der Waals surface area contributed by atoms with Gasteiger partial charge < -0.3 is 20.4 Å². The minimum Gasteiger partial charge on any atom is -0.369 e. The number of allylic oxidation sites excluding steroid dienone is 1. The number of benzene rings is 1. The molecule has 0 atom stereocenters. The third-order valence-electron chi connectivity index (χ3n) is 4.57. The number of nitriles is 1. The number of aromatic nitrogens is 2. The van der Waals surface area contributed by atoms with Crippen molar-refractivity contribution >= 4 is 29.2 Å². The van der Waals surface area contributed by atoms with E-state index >= 15 is 0 Å². The Kier molecular flexibility index (Phi) is 6.45. The molecule has 1 aliphatic heterocycles. The van der Waals surface area contributed by atoms with E-state index in [4.69, 9.17) is 5.26 Å². The molecule has 2 heterocycles. The molecule has 0 spiro atoms. The molecule has 2 aromatic rings. The fourth-order valence-corrected chi connectivity index (χ4v) is 3.04. The molecule has 0 saturated carbocycles. The smallest absolute Gasteiger partial charge is 0.229 e. The summed E-state index contributed by atoms with van der Waals surface area (Å²) in [6.07, 6.45) is 4.85. The van der Waals surface area contributed by atoms with Crippen LogP contribution >= 0.6 is 0 Å². The molecule has 7 nitrogen and oxygen atoms in total. The second-order valence-corrected chi connectivity index (χ2v) is 7.22. The van der Waals surface area contributed by atoms with Crippen LogP contribution in [-0.4, -0.2) is 54.1 Å². The summed E-state index contributed by atoms with van der Waals surface area (Å²) in [6, 6.07) is 10.6. The monoisotopic (exact) mass is 377 g/mol. The SMILES string of the molecule is CC(C)Nc1nc(Nc2ccc(N3CCN(C)CC3)cc2)ncc1C=CC#N. The van der Waals surface area contributed by atoms with E-state index in [0.29, 0.717) is 11.8 Å². The van der Waals surface area contributed by atoms with Crippen LogP contribution in [0.2, 0.25) is 0 Å². The zero-order valence-electron chi connectivity index (χ0n) is 16.7. The van der Waals surface area contributed by atoms with Crippen molar-refractivity contribution in [2.75, 3.05) is 48.8 Å². The van der Waals surface area contributed by atoms with Crippen LogP contribution in [0.1, 0.15) is 19.4 Å². The van der Waals surface area contributed by atoms with E-state index in [1.165, 1.54) is 11.8 Å². The van der Waals surface area contributed by atoms with Gasteiger partial charge in [0.2, 0.25) is 5.95 Å². The summed E-state index contributed by atoms with van der Waals surface area (Å²) in [7, 11) is 2.16. The van der Waals surface area contributed by atoms with Crippen LogP contribution in [0.4, 0.5) is 23.1 Å². The molecule has 28 heavy (non-hydrogen) atoms. The number of nitrogens with zero attached hydrogens (tertiary/aromatic N) is 5. The van der Waals surface area contributed by atoms with Crippen molar-refractivity contribution in [3.05, 3.63) is 42.1 Å². The first-order valence-electron chi connectivity index (χ1n) is 9.55. The molecule has 2 N–H and O–H groups in total. The zero-order chi connectivity index (χ0) is 19.9. The molecule has 1 fully saturated rings. The van der Waals surface area contributed by atoms with E-state index in [1.54, 1.807) is 12.3 Å². The summed E-state index contributed by atoms with van der Waals surface area (Å²) < 4.78 is 0. The maximum Gasteiger partial charge on any atom is 0.229 e. The fraction of sp³-hybridized carbons (Fsp3) is 0.381. The van der Waals surface area contributed by atoms with E-state index < -0.39 is 0 Å². The normalized spacial score (nSPS) is 15.0. The summed E-state index contributed by atoms with van der Waals surface area (Å²) in [5, 5.41) is 15.3. The Morgan fingerprint density at radius 1 is 1.14 bits per heavy atom. The van der Waals surface area contributed by atoms with Gasteiger partial charge in [-0.05, 0) is 51.2 Å². The highest BCUT2D eigenvalue weighted by Gasteiger charge is 2.14. The van der Waals surface area contributed by atoms with E-state index in [9.17, 15) is 0 Å². The third-order valence-corrected chi connectivity index (χ3v) is 4.57. The average molecular weight is 377 g/mol. The van der Waals surface area contributed by atoms with Crippen LogP contribution in [0.25, 0.3) is 6.08 Å². The molecule has 3 rings (SSSR count). The van der Waals surface area contributed by atoms with E-state index in [1.807, 2.05) is 19.9 Å². The van der Waals surface area contributed by atoms with Crippen LogP contribution < -0.4 is 15.5 Å². The highest BCUT2D eigenvalue weighted by atomic mass is 15.2. The van der Waals surface area contributed by atoms with Gasteiger partial charge in [0.05, 0.1) is 6.07 Å². The third kappa shape index (κ3) is 5.21. The molecule has 0 aliphatic carbocycles. The summed E-state index contributed by atoms with van der Waals surface area (Å²) in [4.78, 5) is 13.7. The molecule has 0 radical (unpaired) electrons. The molecule has 0 unspecified atom stereocenters. The molecular formula is C21H27N7. The van der Waals surface area contributed by atoms with Gasteiger partial charge in [0.1, 0.15) is 5.82 Å². The Hall–Kier alpha value is -3.11. The fourth-order valence-electron chi connectivity index (χ4n) is 3.04. The van der Waals surface area contributed by atoms with Crippen molar-refractivity contribution in [3.8, 4) is 6.07 Å². The largest absolute Gasteiger partial charge is 0.369 e. The van der Waals surface area contributed by atoms with Gasteiger partial charge in [0, 0.05) is 61.4 Å². The van der Waals surface area contributed by atoms with Gasteiger partial charge in [-0.2, -0.15) is 10.2 Å². The number of rotatable bonds is 6. The Balaban J connectivity index is 1.72. The Labute approximate surface area is 166 Å². The molecule has 1 aliphatic rings. The summed E-state index contributed by atoms with van der Waals surface area (Å²) in [6.45, 7) is 8.37. The van der Waals surface area contributed by atoms with Crippen LogP contribution in [0.5, 0.6) is 0 Å². The van der Waals surface area contributed by atoms with Crippen LogP contribution in [0.3, 0.4) is 0 Å². The molecular weight excluding hydrogens is 350 g/mol. The minimum absolute atomic E-state index is 0.222. The van der Waals surface area contributed by atoms with Gasteiger partial charge in [-0.15, -0.1) is 0 Å². The summed E-state index contributed by atoms with van der Waals surface area (Å²) >= 11 is 0. The minimum atomic E-state index is 0.222. The lowest BCUT2D eigenvalue weighted by atomic mass is 10.2. The standard InChI is InChI=1S/C21H27N7/c1-16(2)24-20-17(5-4-10-22)15-23-21(26-20)25-18-6-8-19(9-7-18)28-13-11-27(3)12-14-28/h4-9,15-16H,11-14H2,1-3H3,(H2,23,24,25,26). The van der Waals surface area contributed by atoms with Crippen LogP contribution in [-0.2, 0) is 0 Å². The van der Waals surface area contributed by atoms with E-state index in [2.05, 4.69) is 61.7 Å². The highest BCUT2D eigenvalue weighted by molar-refractivity contribution is 5.66. The Morgan fingerprint density at radius 3 is 2.50 bits per heavy atom. The average Bonchev–Trinajstić information content (AvgIpc) is 2.68. The second kappa shape index (κ2) is 9.20. The lowest BCUT2D eigenvalue weighted by Crippen LogP contribution is -2.44. The van der Waals surface area contributed by atoms with Gasteiger partial charge in [-0.3, -0.25) is 0 Å². The number of hydrogen-bond acceptors (Lipinski definition) is 7. The highest BCUT2D eigenvalue weighted by Crippen LogP contribution is 2.22. The second-order valence-electron chi connectivity index (χ2n) is 7.22. The lowest BCUT2D eigenvalue weighted by molar-refractivity contribution is 0.313. The predicted octanol–water partition coefficient (Wildman–Crippen LogP) is 3.33. The first-order chi connectivity index (χ1) is 13.5. The van der Waals surface area contributed by atoms with Crippen molar-refractivity contribution < 1.29 is 0 Å². The first-order valence-corrected chi connectivity index (χ1v) is 9.55. The molecule has 7 heteroatoms. The Bertz CT molecular complexity index is 844. The van der Waals surface area contributed by atoms with Crippen molar-refractivity contribution in [3.63, 3.8) is 0 Å². The van der Waals surface area contributed by atoms with Crippen LogP contribution in [0.15, 0.2) is 36.5 Å². The maximum atomic E-state index is 8.76. The van der Waals surface area contributed by atoms with Gasteiger partial charge in [-0.25, -0.2) is 4.98 Å². The van der Waals surface area contributed by atoms with Gasteiger partial charge in [0.25, 0.3) is 0 Å². The topological polar surface area (TPSA) is 80.1 Å². The van der Waals surface area contributed by atoms with Crippen molar-refractivity contribution in [2.24, 2.45) is 0 Å². The Morgan fingerprint density at radius 2 is 1.86 bits per heavy atom. The summed E-state index contributed by atoms with van der Waals surface area (Å²) in [5.74, 6) is 1.22. The molecule has 1 aromatic carbocycles. The van der Waals surface area contributed by atoms with Gasteiger partial charge in [0.15, 0.2) is 0 Å². The van der Waals surface area contributed by atoms with Crippen molar-refractivity contribution in [2.45, 2.75) is 19.9 Å².